The molecule has 0 radical (unpaired) electrons. The highest BCUT2D eigenvalue weighted by Crippen LogP contribution is 2.52. The summed E-state index contributed by atoms with van der Waals surface area (Å²) in [7, 11) is 0. The van der Waals surface area contributed by atoms with E-state index in [-0.39, 0.29) is 23.3 Å². The number of rotatable bonds is 2. The molecule has 6 rings (SSSR count). The monoisotopic (exact) mass is 443 g/mol. The van der Waals surface area contributed by atoms with Crippen molar-refractivity contribution in [3.8, 4) is 16.9 Å². The average molecular weight is 444 g/mol. The second-order valence-corrected chi connectivity index (χ2v) is 9.67. The Bertz CT molecular complexity index is 1520. The Morgan fingerprint density at radius 3 is 2.56 bits per heavy atom. The number of hydrogen-bond acceptors (Lipinski definition) is 2. The van der Waals surface area contributed by atoms with E-state index in [1.807, 2.05) is 31.2 Å². The maximum absolute atomic E-state index is 12.9. The smallest absolute Gasteiger partial charge is 0.226 e. The van der Waals surface area contributed by atoms with E-state index in [9.17, 15) is 4.79 Å². The first-order chi connectivity index (χ1) is 16.5. The number of fused-ring (bicyclic) bond motifs is 4. The molecule has 34 heavy (non-hydrogen) atoms. The first-order valence-electron chi connectivity index (χ1n) is 11.8. The fourth-order valence-corrected chi connectivity index (χ4v) is 6.21. The number of hydrogen-bond donors (Lipinski definition) is 0. The van der Waals surface area contributed by atoms with E-state index < -0.39 is 5.41 Å². The van der Waals surface area contributed by atoms with Gasteiger partial charge in [-0.25, -0.2) is 9.53 Å². The van der Waals surface area contributed by atoms with E-state index in [2.05, 4.69) is 71.0 Å². The van der Waals surface area contributed by atoms with Crippen molar-refractivity contribution in [2.75, 3.05) is 0 Å². The van der Waals surface area contributed by atoms with Gasteiger partial charge in [0.25, 0.3) is 0 Å². The normalized spacial score (nSPS) is 23.7. The lowest BCUT2D eigenvalue weighted by Gasteiger charge is -2.45. The van der Waals surface area contributed by atoms with E-state index in [0.717, 1.165) is 46.3 Å². The summed E-state index contributed by atoms with van der Waals surface area (Å²) in [6.07, 6.45) is 3.70. The van der Waals surface area contributed by atoms with Crippen molar-refractivity contribution in [3.63, 3.8) is 0 Å². The molecule has 166 valence electrons. The first-order valence-corrected chi connectivity index (χ1v) is 11.8. The van der Waals surface area contributed by atoms with Crippen LogP contribution in [0.15, 0.2) is 84.6 Å². The summed E-state index contributed by atoms with van der Waals surface area (Å²) < 4.78 is 2.10. The molecule has 1 aromatic heterocycles. The third kappa shape index (κ3) is 2.83. The molecule has 0 fully saturated rings. The molecule has 4 heteroatoms. The van der Waals surface area contributed by atoms with Gasteiger partial charge in [-0.3, -0.25) is 0 Å². The molecule has 2 aliphatic carbocycles. The quantitative estimate of drug-likeness (QED) is 0.330. The van der Waals surface area contributed by atoms with Crippen LogP contribution in [0.25, 0.3) is 32.6 Å². The van der Waals surface area contributed by atoms with Crippen LogP contribution in [0.4, 0.5) is 0 Å². The van der Waals surface area contributed by atoms with Crippen LogP contribution in [-0.2, 0) is 16.6 Å². The van der Waals surface area contributed by atoms with Gasteiger partial charge in [0.1, 0.15) is 0 Å². The third-order valence-electron chi connectivity index (χ3n) is 7.84. The highest BCUT2D eigenvalue weighted by molar-refractivity contribution is 6.00. The number of nitrogens with zero attached hydrogens (tertiary/aromatic N) is 3. The molecule has 0 amide bonds. The highest BCUT2D eigenvalue weighted by Gasteiger charge is 2.50. The van der Waals surface area contributed by atoms with Crippen LogP contribution in [0.1, 0.15) is 31.5 Å². The second-order valence-electron chi connectivity index (χ2n) is 9.67. The van der Waals surface area contributed by atoms with Crippen LogP contribution in [0.5, 0.6) is 0 Å². The molecular formula is C30H25N3O. The SMILES string of the molecule is [C-]#[N+]C1=C[C@@]2(C)c3c(c(-c4ccccc4)nn3-c3cccc4ccccc34)CC[C@@H]2[C@@H](C)C1=O. The summed E-state index contributed by atoms with van der Waals surface area (Å²) in [5.74, 6) is -0.0872. The fourth-order valence-electron chi connectivity index (χ4n) is 6.21. The van der Waals surface area contributed by atoms with Gasteiger partial charge in [0.05, 0.1) is 23.6 Å². The van der Waals surface area contributed by atoms with Gasteiger partial charge >= 0.3 is 0 Å². The minimum Gasteiger partial charge on any atom is -0.308 e. The Kier molecular flexibility index (Phi) is 4.57. The lowest BCUT2D eigenvalue weighted by Crippen LogP contribution is -2.46. The summed E-state index contributed by atoms with van der Waals surface area (Å²) in [5, 5.41) is 7.53. The van der Waals surface area contributed by atoms with Crippen molar-refractivity contribution in [2.45, 2.75) is 32.1 Å². The van der Waals surface area contributed by atoms with Gasteiger partial charge < -0.3 is 4.79 Å². The summed E-state index contributed by atoms with van der Waals surface area (Å²) in [4.78, 5) is 16.6. The molecule has 2 aliphatic rings. The molecule has 0 aliphatic heterocycles. The number of ketones is 1. The molecule has 0 spiro atoms. The van der Waals surface area contributed by atoms with Gasteiger partial charge in [-0.2, -0.15) is 5.10 Å². The van der Waals surface area contributed by atoms with Crippen LogP contribution in [0.3, 0.4) is 0 Å². The molecule has 0 bridgehead atoms. The zero-order valence-corrected chi connectivity index (χ0v) is 19.3. The van der Waals surface area contributed by atoms with Crippen molar-refractivity contribution in [3.05, 3.63) is 107 Å². The molecule has 4 aromatic rings. The Labute approximate surface area is 199 Å². The van der Waals surface area contributed by atoms with Crippen molar-refractivity contribution in [2.24, 2.45) is 11.8 Å². The number of aromatic nitrogens is 2. The molecule has 0 N–H and O–H groups in total. The highest BCUT2D eigenvalue weighted by atomic mass is 16.1. The second kappa shape index (κ2) is 7.53. The Hall–Kier alpha value is -3.97. The molecule has 0 unspecified atom stereocenters. The largest absolute Gasteiger partial charge is 0.308 e. The Morgan fingerprint density at radius 1 is 1.03 bits per heavy atom. The minimum atomic E-state index is -0.461. The topological polar surface area (TPSA) is 39.2 Å². The molecule has 4 nitrogen and oxygen atoms in total. The van der Waals surface area contributed by atoms with Crippen molar-refractivity contribution in [1.29, 1.82) is 0 Å². The lowest BCUT2D eigenvalue weighted by molar-refractivity contribution is -0.121. The third-order valence-corrected chi connectivity index (χ3v) is 7.84. The Balaban J connectivity index is 1.71. The predicted molar refractivity (Wildman–Crippen MR) is 135 cm³/mol. The zero-order chi connectivity index (χ0) is 23.4. The number of carbonyl (C=O) groups is 1. The van der Waals surface area contributed by atoms with Crippen molar-refractivity contribution in [1.82, 2.24) is 9.78 Å². The van der Waals surface area contributed by atoms with Gasteiger partial charge in [0.2, 0.25) is 5.70 Å². The summed E-state index contributed by atoms with van der Waals surface area (Å²) in [5.41, 5.74) is 5.24. The summed E-state index contributed by atoms with van der Waals surface area (Å²) >= 11 is 0. The lowest BCUT2D eigenvalue weighted by atomic mass is 9.58. The number of carbonyl (C=O) groups excluding carboxylic acids is 1. The van der Waals surface area contributed by atoms with Gasteiger partial charge in [-0.15, -0.1) is 0 Å². The van der Waals surface area contributed by atoms with Gasteiger partial charge in [0, 0.05) is 27.8 Å². The van der Waals surface area contributed by atoms with E-state index >= 15 is 0 Å². The molecular weight excluding hydrogens is 418 g/mol. The maximum atomic E-state index is 12.9. The van der Waals surface area contributed by atoms with Crippen molar-refractivity contribution >= 4 is 16.6 Å². The number of Topliss-reactive ketones (excluding diaryl/α,β-unsaturated/α-hetero) is 1. The van der Waals surface area contributed by atoms with Gasteiger partial charge in [-0.05, 0) is 30.2 Å². The molecule has 0 saturated carbocycles. The molecule has 3 aromatic carbocycles. The number of benzene rings is 3. The van der Waals surface area contributed by atoms with Crippen LogP contribution < -0.4 is 0 Å². The van der Waals surface area contributed by atoms with Crippen molar-refractivity contribution < 1.29 is 4.79 Å². The van der Waals surface area contributed by atoms with E-state index in [4.69, 9.17) is 11.7 Å². The van der Waals surface area contributed by atoms with Crippen LogP contribution in [-0.4, -0.2) is 15.6 Å². The van der Waals surface area contributed by atoms with Gasteiger partial charge in [-0.1, -0.05) is 86.7 Å². The molecule has 1 heterocycles. The minimum absolute atomic E-state index is 0.0274. The fraction of sp³-hybridized carbons (Fsp3) is 0.233. The molecule has 3 atom stereocenters. The average Bonchev–Trinajstić information content (AvgIpc) is 3.27. The van der Waals surface area contributed by atoms with E-state index in [1.54, 1.807) is 0 Å². The van der Waals surface area contributed by atoms with Crippen LogP contribution in [0.2, 0.25) is 0 Å². The first kappa shape index (κ1) is 20.6. The predicted octanol–water partition coefficient (Wildman–Crippen LogP) is 6.53. The standard InChI is InChI=1S/C30H25N3O/c1-19-24-17-16-23-27(21-11-5-4-6-12-21)32-33(26-15-9-13-20-10-7-8-14-22(20)26)29(23)30(24,2)18-25(31-3)28(19)34/h4-15,18-19,24H,16-17H2,1-2H3/t19-,24-,30-/m1/s1. The summed E-state index contributed by atoms with van der Waals surface area (Å²) in [6.45, 7) is 11.9. The van der Waals surface area contributed by atoms with E-state index in [0.29, 0.717) is 0 Å². The van der Waals surface area contributed by atoms with Gasteiger partial charge in [0.15, 0.2) is 5.78 Å². The zero-order valence-electron chi connectivity index (χ0n) is 19.3. The van der Waals surface area contributed by atoms with E-state index in [1.165, 1.54) is 5.56 Å². The van der Waals surface area contributed by atoms with Crippen LogP contribution in [0, 0.1) is 18.4 Å². The number of allylic oxidation sites excluding steroid dienone is 2. The molecule has 0 saturated heterocycles. The maximum Gasteiger partial charge on any atom is 0.226 e. The van der Waals surface area contributed by atoms with Crippen LogP contribution >= 0.6 is 0 Å². The Morgan fingerprint density at radius 2 is 1.76 bits per heavy atom. The summed E-state index contributed by atoms with van der Waals surface area (Å²) in [6, 6.07) is 25.0.